The monoisotopic (exact) mass is 249 g/mol. The smallest absolute Gasteiger partial charge is 0.169 e. The predicted molar refractivity (Wildman–Crippen MR) is 66.0 cm³/mol. The van der Waals surface area contributed by atoms with Crippen LogP contribution in [-0.4, -0.2) is 25.5 Å². The number of carbonyl (C=O) groups is 1. The average molecular weight is 249 g/mol. The number of aromatic nitrogens is 1. The molecule has 0 N–H and O–H groups in total. The number of ether oxygens (including phenoxy) is 2. The number of hydrogen-bond acceptors (Lipinski definition) is 5. The number of rotatable bonds is 4. The minimum Gasteiger partial charge on any atom is -0.493 e. The minimum atomic E-state index is 0.444. The van der Waals surface area contributed by atoms with Gasteiger partial charge in [-0.2, -0.15) is 0 Å². The zero-order valence-electron chi connectivity index (χ0n) is 9.47. The standard InChI is InChI=1S/C12H11NO3S/c1-15-10-4-3-8(5-11(10)16-2)12-13-9(6-14)7-17-12/h3-7H,1-2H3. The van der Waals surface area contributed by atoms with E-state index >= 15 is 0 Å². The molecular weight excluding hydrogens is 238 g/mol. The van der Waals surface area contributed by atoms with E-state index in [9.17, 15) is 4.79 Å². The van der Waals surface area contributed by atoms with Gasteiger partial charge in [-0.25, -0.2) is 4.98 Å². The van der Waals surface area contributed by atoms with Gasteiger partial charge in [0.2, 0.25) is 0 Å². The summed E-state index contributed by atoms with van der Waals surface area (Å²) >= 11 is 1.42. The molecule has 2 aromatic rings. The van der Waals surface area contributed by atoms with E-state index in [1.165, 1.54) is 11.3 Å². The van der Waals surface area contributed by atoms with E-state index in [1.54, 1.807) is 19.6 Å². The molecule has 4 nitrogen and oxygen atoms in total. The molecule has 2 rings (SSSR count). The third kappa shape index (κ3) is 2.29. The molecule has 0 unspecified atom stereocenters. The SMILES string of the molecule is COc1ccc(-c2nc(C=O)cs2)cc1OC. The highest BCUT2D eigenvalue weighted by atomic mass is 32.1. The number of aldehydes is 1. The van der Waals surface area contributed by atoms with Crippen molar-refractivity contribution in [3.8, 4) is 22.1 Å². The van der Waals surface area contributed by atoms with Gasteiger partial charge in [0.1, 0.15) is 10.7 Å². The first-order valence-corrected chi connectivity index (χ1v) is 5.79. The second kappa shape index (κ2) is 4.97. The lowest BCUT2D eigenvalue weighted by molar-refractivity contribution is 0.111. The minimum absolute atomic E-state index is 0.444. The van der Waals surface area contributed by atoms with Gasteiger partial charge in [0.25, 0.3) is 0 Å². The summed E-state index contributed by atoms with van der Waals surface area (Å²) in [6, 6.07) is 5.54. The Bertz CT molecular complexity index is 536. The van der Waals surface area contributed by atoms with Crippen LogP contribution in [0.5, 0.6) is 11.5 Å². The first-order valence-electron chi connectivity index (χ1n) is 4.91. The molecule has 0 atom stereocenters. The Balaban J connectivity index is 2.42. The molecule has 1 heterocycles. The molecule has 0 saturated carbocycles. The van der Waals surface area contributed by atoms with Crippen molar-refractivity contribution < 1.29 is 14.3 Å². The molecule has 0 bridgehead atoms. The van der Waals surface area contributed by atoms with Gasteiger partial charge in [-0.15, -0.1) is 11.3 Å². The van der Waals surface area contributed by atoms with Gasteiger partial charge in [-0.1, -0.05) is 0 Å². The molecule has 0 aliphatic rings. The fourth-order valence-corrected chi connectivity index (χ4v) is 2.20. The first-order chi connectivity index (χ1) is 8.28. The fourth-order valence-electron chi connectivity index (χ4n) is 1.44. The molecule has 0 aliphatic carbocycles. The summed E-state index contributed by atoms with van der Waals surface area (Å²) in [6.07, 6.45) is 0.737. The maximum atomic E-state index is 10.6. The second-order valence-corrected chi connectivity index (χ2v) is 4.12. The van der Waals surface area contributed by atoms with Gasteiger partial charge < -0.3 is 9.47 Å². The Morgan fingerprint density at radius 1 is 1.24 bits per heavy atom. The van der Waals surface area contributed by atoms with Gasteiger partial charge in [0.15, 0.2) is 17.8 Å². The van der Waals surface area contributed by atoms with Crippen molar-refractivity contribution in [2.45, 2.75) is 0 Å². The van der Waals surface area contributed by atoms with Crippen LogP contribution in [0.4, 0.5) is 0 Å². The molecule has 1 aromatic carbocycles. The molecule has 0 saturated heterocycles. The molecule has 5 heteroatoms. The van der Waals surface area contributed by atoms with Crippen molar-refractivity contribution in [3.63, 3.8) is 0 Å². The van der Waals surface area contributed by atoms with Crippen molar-refractivity contribution in [3.05, 3.63) is 29.3 Å². The maximum Gasteiger partial charge on any atom is 0.169 e. The Labute approximate surface area is 103 Å². The van der Waals surface area contributed by atoms with E-state index in [1.807, 2.05) is 18.2 Å². The summed E-state index contributed by atoms with van der Waals surface area (Å²) < 4.78 is 10.4. The second-order valence-electron chi connectivity index (χ2n) is 3.27. The van der Waals surface area contributed by atoms with Gasteiger partial charge in [0, 0.05) is 10.9 Å². The first kappa shape index (κ1) is 11.6. The zero-order chi connectivity index (χ0) is 12.3. The summed E-state index contributed by atoms with van der Waals surface area (Å²) in [7, 11) is 3.17. The van der Waals surface area contributed by atoms with Gasteiger partial charge in [-0.05, 0) is 18.2 Å². The van der Waals surface area contributed by atoms with Crippen LogP contribution < -0.4 is 9.47 Å². The van der Waals surface area contributed by atoms with Crippen molar-refractivity contribution in [2.75, 3.05) is 14.2 Å². The summed E-state index contributed by atoms with van der Waals surface area (Å²) in [5.74, 6) is 1.32. The van der Waals surface area contributed by atoms with Crippen LogP contribution in [0, 0.1) is 0 Å². The largest absolute Gasteiger partial charge is 0.493 e. The van der Waals surface area contributed by atoms with Crippen LogP contribution in [0.3, 0.4) is 0 Å². The normalized spacial score (nSPS) is 10.0. The van der Waals surface area contributed by atoms with E-state index in [-0.39, 0.29) is 0 Å². The molecule has 0 fully saturated rings. The quantitative estimate of drug-likeness (QED) is 0.781. The molecule has 0 aliphatic heterocycles. The number of hydrogen-bond donors (Lipinski definition) is 0. The van der Waals surface area contributed by atoms with Crippen LogP contribution in [-0.2, 0) is 0 Å². The summed E-state index contributed by atoms with van der Waals surface area (Å²) in [5, 5.41) is 2.51. The fraction of sp³-hybridized carbons (Fsp3) is 0.167. The van der Waals surface area contributed by atoms with E-state index in [0.29, 0.717) is 17.2 Å². The molecule has 17 heavy (non-hydrogen) atoms. The lowest BCUT2D eigenvalue weighted by Gasteiger charge is -2.08. The third-order valence-electron chi connectivity index (χ3n) is 2.27. The van der Waals surface area contributed by atoms with Gasteiger partial charge in [0.05, 0.1) is 14.2 Å². The molecule has 88 valence electrons. The average Bonchev–Trinajstić information content (AvgIpc) is 2.86. The predicted octanol–water partition coefficient (Wildman–Crippen LogP) is 2.64. The molecule has 0 amide bonds. The van der Waals surface area contributed by atoms with E-state index in [4.69, 9.17) is 9.47 Å². The Kier molecular flexibility index (Phi) is 3.39. The highest BCUT2D eigenvalue weighted by molar-refractivity contribution is 7.13. The maximum absolute atomic E-state index is 10.6. The number of benzene rings is 1. The highest BCUT2D eigenvalue weighted by Gasteiger charge is 2.09. The molecular formula is C12H11NO3S. The van der Waals surface area contributed by atoms with E-state index in [0.717, 1.165) is 16.9 Å². The summed E-state index contributed by atoms with van der Waals surface area (Å²) in [6.45, 7) is 0. The van der Waals surface area contributed by atoms with Crippen LogP contribution >= 0.6 is 11.3 Å². The lowest BCUT2D eigenvalue weighted by atomic mass is 10.2. The van der Waals surface area contributed by atoms with Crippen molar-refractivity contribution >= 4 is 17.6 Å². The third-order valence-corrected chi connectivity index (χ3v) is 3.18. The van der Waals surface area contributed by atoms with Crippen molar-refractivity contribution in [1.82, 2.24) is 4.98 Å². The lowest BCUT2D eigenvalue weighted by Crippen LogP contribution is -1.90. The molecule has 0 radical (unpaired) electrons. The van der Waals surface area contributed by atoms with Crippen LogP contribution in [0.1, 0.15) is 10.5 Å². The van der Waals surface area contributed by atoms with Crippen LogP contribution in [0.15, 0.2) is 23.6 Å². The number of thiazole rings is 1. The number of carbonyl (C=O) groups excluding carboxylic acids is 1. The zero-order valence-corrected chi connectivity index (χ0v) is 10.3. The highest BCUT2D eigenvalue weighted by Crippen LogP contribution is 2.33. The summed E-state index contributed by atoms with van der Waals surface area (Å²) in [5.41, 5.74) is 1.35. The molecule has 1 aromatic heterocycles. The topological polar surface area (TPSA) is 48.4 Å². The van der Waals surface area contributed by atoms with Crippen molar-refractivity contribution in [1.29, 1.82) is 0 Å². The van der Waals surface area contributed by atoms with Crippen molar-refractivity contribution in [2.24, 2.45) is 0 Å². The van der Waals surface area contributed by atoms with Crippen LogP contribution in [0.25, 0.3) is 10.6 Å². The Morgan fingerprint density at radius 3 is 2.59 bits per heavy atom. The van der Waals surface area contributed by atoms with Crippen LogP contribution in [0.2, 0.25) is 0 Å². The number of nitrogens with zero attached hydrogens (tertiary/aromatic N) is 1. The Hall–Kier alpha value is -1.88. The van der Waals surface area contributed by atoms with E-state index < -0.39 is 0 Å². The van der Waals surface area contributed by atoms with E-state index in [2.05, 4.69) is 4.98 Å². The number of methoxy groups -OCH3 is 2. The van der Waals surface area contributed by atoms with Gasteiger partial charge >= 0.3 is 0 Å². The summed E-state index contributed by atoms with van der Waals surface area (Å²) in [4.78, 5) is 14.8. The Morgan fingerprint density at radius 2 is 2.00 bits per heavy atom. The molecule has 0 spiro atoms. The van der Waals surface area contributed by atoms with Gasteiger partial charge in [-0.3, -0.25) is 4.79 Å².